The molecule has 5 heteroatoms. The van der Waals surface area contributed by atoms with E-state index in [1.165, 1.54) is 12.1 Å². The number of nitro groups is 1. The summed E-state index contributed by atoms with van der Waals surface area (Å²) in [5, 5.41) is 29.5. The fraction of sp³-hybridized carbons (Fsp3) is 0.333. The van der Waals surface area contributed by atoms with Gasteiger partial charge in [-0.3, -0.25) is 10.1 Å². The maximum absolute atomic E-state index is 10.4. The number of hydrogen-bond acceptors (Lipinski definition) is 4. The first-order valence-corrected chi connectivity index (χ1v) is 4.10. The van der Waals surface area contributed by atoms with Crippen LogP contribution in [0.2, 0.25) is 0 Å². The second kappa shape index (κ2) is 3.73. The fourth-order valence-electron chi connectivity index (χ4n) is 1.07. The van der Waals surface area contributed by atoms with Gasteiger partial charge in [-0.2, -0.15) is 0 Å². The van der Waals surface area contributed by atoms with Crippen LogP contribution in [0.1, 0.15) is 12.5 Å². The molecule has 0 fully saturated rings. The summed E-state index contributed by atoms with van der Waals surface area (Å²) in [5.74, 6) is -2.43. The molecule has 1 atom stereocenters. The van der Waals surface area contributed by atoms with Crippen LogP contribution in [0.25, 0.3) is 0 Å². The van der Waals surface area contributed by atoms with Gasteiger partial charge in [0.25, 0.3) is 11.8 Å². The van der Waals surface area contributed by atoms with Crippen LogP contribution in [0, 0.1) is 10.1 Å². The summed E-state index contributed by atoms with van der Waals surface area (Å²) < 4.78 is 0. The Morgan fingerprint density at radius 2 is 1.86 bits per heavy atom. The average molecular weight is 197 g/mol. The number of aliphatic hydroxyl groups is 2. The first kappa shape index (κ1) is 10.6. The van der Waals surface area contributed by atoms with Crippen LogP contribution in [0.15, 0.2) is 30.3 Å². The minimum Gasteiger partial charge on any atom is -0.357 e. The molecule has 0 amide bonds. The minimum absolute atomic E-state index is 0.115. The summed E-state index contributed by atoms with van der Waals surface area (Å²) in [7, 11) is 0. The summed E-state index contributed by atoms with van der Waals surface area (Å²) in [6.07, 6.45) is 0. The lowest BCUT2D eigenvalue weighted by Crippen LogP contribution is -2.42. The maximum atomic E-state index is 10.4. The molecule has 0 heterocycles. The molecular weight excluding hydrogens is 186 g/mol. The third kappa shape index (κ3) is 1.89. The zero-order chi connectivity index (χ0) is 10.8. The van der Waals surface area contributed by atoms with Gasteiger partial charge in [0.05, 0.1) is 0 Å². The number of benzene rings is 1. The second-order valence-electron chi connectivity index (χ2n) is 3.05. The summed E-state index contributed by atoms with van der Waals surface area (Å²) in [6.45, 7) is 1.15. The van der Waals surface area contributed by atoms with Gasteiger partial charge in [0.2, 0.25) is 0 Å². The van der Waals surface area contributed by atoms with Crippen molar-refractivity contribution in [3.05, 3.63) is 46.0 Å². The van der Waals surface area contributed by atoms with Gasteiger partial charge >= 0.3 is 0 Å². The molecule has 1 rings (SSSR count). The summed E-state index contributed by atoms with van der Waals surface area (Å²) >= 11 is 0. The molecule has 1 aromatic carbocycles. The zero-order valence-corrected chi connectivity index (χ0v) is 7.62. The van der Waals surface area contributed by atoms with Crippen molar-refractivity contribution in [1.29, 1.82) is 0 Å². The Bertz CT molecular complexity index is 323. The summed E-state index contributed by atoms with van der Waals surface area (Å²) in [5.41, 5.74) is 0.115. The van der Waals surface area contributed by atoms with Gasteiger partial charge in [0.1, 0.15) is 0 Å². The van der Waals surface area contributed by atoms with Crippen LogP contribution >= 0.6 is 0 Å². The summed E-state index contributed by atoms with van der Waals surface area (Å²) in [4.78, 5) is 9.68. The smallest absolute Gasteiger partial charge is 0.267 e. The molecule has 0 spiro atoms. The molecule has 0 aromatic heterocycles. The van der Waals surface area contributed by atoms with E-state index in [9.17, 15) is 20.3 Å². The van der Waals surface area contributed by atoms with Crippen molar-refractivity contribution in [2.24, 2.45) is 0 Å². The highest BCUT2D eigenvalue weighted by Gasteiger charge is 2.41. The van der Waals surface area contributed by atoms with E-state index in [0.717, 1.165) is 6.92 Å². The molecule has 14 heavy (non-hydrogen) atoms. The van der Waals surface area contributed by atoms with Gasteiger partial charge in [-0.1, -0.05) is 30.3 Å². The van der Waals surface area contributed by atoms with Crippen molar-refractivity contribution in [2.75, 3.05) is 0 Å². The first-order valence-electron chi connectivity index (χ1n) is 4.10. The second-order valence-corrected chi connectivity index (χ2v) is 3.05. The molecule has 0 radical (unpaired) electrons. The van der Waals surface area contributed by atoms with Crippen molar-refractivity contribution >= 4 is 0 Å². The Labute approximate surface area is 80.8 Å². The van der Waals surface area contributed by atoms with Crippen molar-refractivity contribution in [3.63, 3.8) is 0 Å². The molecule has 76 valence electrons. The third-order valence-electron chi connectivity index (χ3n) is 2.10. The van der Waals surface area contributed by atoms with Crippen LogP contribution in [0.3, 0.4) is 0 Å². The SMILES string of the molecule is CC([N+](=O)[O-])C(O)(O)c1ccccc1. The number of rotatable bonds is 3. The van der Waals surface area contributed by atoms with Gasteiger partial charge in [-0.05, 0) is 0 Å². The van der Waals surface area contributed by atoms with Gasteiger partial charge in [-0.15, -0.1) is 0 Å². The van der Waals surface area contributed by atoms with Gasteiger partial charge < -0.3 is 10.2 Å². The normalized spacial score (nSPS) is 13.6. The quantitative estimate of drug-likeness (QED) is 0.419. The lowest BCUT2D eigenvalue weighted by atomic mass is 10.00. The Morgan fingerprint density at radius 3 is 2.29 bits per heavy atom. The maximum Gasteiger partial charge on any atom is 0.267 e. The van der Waals surface area contributed by atoms with Crippen LogP contribution in [-0.2, 0) is 5.79 Å². The van der Waals surface area contributed by atoms with E-state index in [-0.39, 0.29) is 5.56 Å². The zero-order valence-electron chi connectivity index (χ0n) is 7.62. The molecule has 2 N–H and O–H groups in total. The van der Waals surface area contributed by atoms with E-state index in [2.05, 4.69) is 0 Å². The van der Waals surface area contributed by atoms with E-state index in [4.69, 9.17) is 0 Å². The molecule has 0 aliphatic rings. The van der Waals surface area contributed by atoms with Crippen LogP contribution in [0.4, 0.5) is 0 Å². The average Bonchev–Trinajstić information content (AvgIpc) is 2.18. The number of hydrogen-bond donors (Lipinski definition) is 2. The monoisotopic (exact) mass is 197 g/mol. The van der Waals surface area contributed by atoms with Crippen LogP contribution in [0.5, 0.6) is 0 Å². The number of nitrogens with zero attached hydrogens (tertiary/aromatic N) is 1. The molecule has 0 saturated heterocycles. The molecule has 1 unspecified atom stereocenters. The topological polar surface area (TPSA) is 83.6 Å². The molecule has 0 bridgehead atoms. The minimum atomic E-state index is -2.43. The molecular formula is C9H11NO4. The fourth-order valence-corrected chi connectivity index (χ4v) is 1.07. The molecule has 5 nitrogen and oxygen atoms in total. The lowest BCUT2D eigenvalue weighted by Gasteiger charge is -2.22. The van der Waals surface area contributed by atoms with Crippen molar-refractivity contribution in [2.45, 2.75) is 18.8 Å². The Morgan fingerprint density at radius 1 is 1.36 bits per heavy atom. The van der Waals surface area contributed by atoms with Crippen molar-refractivity contribution in [3.8, 4) is 0 Å². The van der Waals surface area contributed by atoms with Gasteiger partial charge in [0, 0.05) is 17.4 Å². The largest absolute Gasteiger partial charge is 0.357 e. The van der Waals surface area contributed by atoms with E-state index in [0.29, 0.717) is 0 Å². The predicted octanol–water partition coefficient (Wildman–Crippen LogP) is 0.489. The van der Waals surface area contributed by atoms with Crippen molar-refractivity contribution in [1.82, 2.24) is 0 Å². The van der Waals surface area contributed by atoms with E-state index in [1.54, 1.807) is 18.2 Å². The lowest BCUT2D eigenvalue weighted by molar-refractivity contribution is -0.562. The molecule has 0 saturated carbocycles. The highest BCUT2D eigenvalue weighted by Crippen LogP contribution is 2.22. The Balaban J connectivity index is 3.02. The molecule has 0 aliphatic carbocycles. The highest BCUT2D eigenvalue weighted by molar-refractivity contribution is 5.20. The van der Waals surface area contributed by atoms with E-state index < -0.39 is 16.8 Å². The standard InChI is InChI=1S/C9H11NO4/c1-7(10(13)14)9(11,12)8-5-3-2-4-6-8/h2-7,11-12H,1H3. The van der Waals surface area contributed by atoms with Crippen molar-refractivity contribution < 1.29 is 15.1 Å². The molecule has 1 aromatic rings. The Kier molecular flexibility index (Phi) is 2.83. The van der Waals surface area contributed by atoms with E-state index >= 15 is 0 Å². The van der Waals surface area contributed by atoms with Gasteiger partial charge in [-0.25, -0.2) is 0 Å². The van der Waals surface area contributed by atoms with Crippen LogP contribution < -0.4 is 0 Å². The highest BCUT2D eigenvalue weighted by atomic mass is 16.6. The van der Waals surface area contributed by atoms with Gasteiger partial charge in [0.15, 0.2) is 0 Å². The summed E-state index contributed by atoms with van der Waals surface area (Å²) in [6, 6.07) is 6.26. The Hall–Kier alpha value is -1.46. The molecule has 0 aliphatic heterocycles. The third-order valence-corrected chi connectivity index (χ3v) is 2.10. The predicted molar refractivity (Wildman–Crippen MR) is 49.0 cm³/mol. The first-order chi connectivity index (χ1) is 6.46. The van der Waals surface area contributed by atoms with E-state index in [1.807, 2.05) is 0 Å². The van der Waals surface area contributed by atoms with Crippen LogP contribution in [-0.4, -0.2) is 21.2 Å².